The molecule has 2 aromatic carbocycles. The number of hydrogen-bond donors (Lipinski definition) is 0. The van der Waals surface area contributed by atoms with Crippen molar-refractivity contribution in [1.29, 1.82) is 0 Å². The number of tetrazole rings is 1. The Morgan fingerprint density at radius 2 is 1.72 bits per heavy atom. The molecule has 1 aliphatic heterocycles. The number of benzene rings is 2. The molecule has 0 radical (unpaired) electrons. The zero-order valence-electron chi connectivity index (χ0n) is 18.6. The zero-order valence-corrected chi connectivity index (χ0v) is 19.4. The molecule has 0 N–H and O–H groups in total. The van der Waals surface area contributed by atoms with E-state index in [-0.39, 0.29) is 18.4 Å². The fraction of sp³-hybridized carbons (Fsp3) is 0.458. The topological polar surface area (TPSA) is 65.3 Å². The molecule has 1 atom stereocenters. The average Bonchev–Trinajstić information content (AvgIpc) is 3.51. The quantitative estimate of drug-likeness (QED) is 0.549. The lowest BCUT2D eigenvalue weighted by Gasteiger charge is -2.35. The van der Waals surface area contributed by atoms with Crippen LogP contribution in [0.5, 0.6) is 11.5 Å². The third kappa shape index (κ3) is 4.19. The highest BCUT2D eigenvalue weighted by Crippen LogP contribution is 2.38. The largest absolute Gasteiger partial charge is 0.493 e. The van der Waals surface area contributed by atoms with Crippen molar-refractivity contribution in [3.05, 3.63) is 65.0 Å². The monoisotopic (exact) mass is 455 g/mol. The van der Waals surface area contributed by atoms with Gasteiger partial charge in [0.25, 0.3) is 0 Å². The molecule has 1 aliphatic carbocycles. The highest BCUT2D eigenvalue weighted by atomic mass is 35.5. The highest BCUT2D eigenvalue weighted by molar-refractivity contribution is 5.85. The van der Waals surface area contributed by atoms with Crippen molar-refractivity contribution >= 4 is 12.4 Å². The van der Waals surface area contributed by atoms with E-state index in [0.717, 1.165) is 55.2 Å². The van der Waals surface area contributed by atoms with Crippen LogP contribution in [0.25, 0.3) is 0 Å². The van der Waals surface area contributed by atoms with Gasteiger partial charge in [0.2, 0.25) is 0 Å². The van der Waals surface area contributed by atoms with Crippen LogP contribution in [0.4, 0.5) is 0 Å². The van der Waals surface area contributed by atoms with Crippen LogP contribution >= 0.6 is 12.4 Å². The van der Waals surface area contributed by atoms with E-state index in [1.54, 1.807) is 14.2 Å². The van der Waals surface area contributed by atoms with Crippen LogP contribution in [0.1, 0.15) is 60.3 Å². The maximum Gasteiger partial charge on any atom is 0.173 e. The molecule has 5 rings (SSSR count). The molecule has 8 heteroatoms. The minimum Gasteiger partial charge on any atom is -0.493 e. The van der Waals surface area contributed by atoms with Gasteiger partial charge in [-0.2, -0.15) is 0 Å². The van der Waals surface area contributed by atoms with Gasteiger partial charge < -0.3 is 9.47 Å². The van der Waals surface area contributed by atoms with Gasteiger partial charge in [0, 0.05) is 13.1 Å². The van der Waals surface area contributed by atoms with Crippen LogP contribution in [0.2, 0.25) is 0 Å². The van der Waals surface area contributed by atoms with Crippen molar-refractivity contribution in [2.45, 2.75) is 50.7 Å². The first-order chi connectivity index (χ1) is 15.3. The number of nitrogens with zero attached hydrogens (tertiary/aromatic N) is 5. The van der Waals surface area contributed by atoms with Crippen LogP contribution < -0.4 is 9.47 Å². The number of fused-ring (bicyclic) bond motifs is 1. The van der Waals surface area contributed by atoms with Crippen molar-refractivity contribution in [1.82, 2.24) is 25.1 Å². The molecule has 0 saturated heterocycles. The number of aromatic nitrogens is 4. The second-order valence-corrected chi connectivity index (χ2v) is 8.43. The second kappa shape index (κ2) is 9.88. The summed E-state index contributed by atoms with van der Waals surface area (Å²) in [5.74, 6) is 2.37. The van der Waals surface area contributed by atoms with Crippen molar-refractivity contribution < 1.29 is 9.47 Å². The van der Waals surface area contributed by atoms with Gasteiger partial charge in [-0.3, -0.25) is 4.90 Å². The maximum atomic E-state index is 5.62. The third-order valence-corrected chi connectivity index (χ3v) is 6.68. The summed E-state index contributed by atoms with van der Waals surface area (Å²) in [6.07, 6.45) is 5.77. The Kier molecular flexibility index (Phi) is 6.96. The molecular formula is C24H30ClN5O2. The molecule has 0 amide bonds. The number of halogens is 1. The molecule has 7 nitrogen and oxygen atoms in total. The lowest BCUT2D eigenvalue weighted by molar-refractivity contribution is 0.191. The van der Waals surface area contributed by atoms with E-state index in [1.807, 2.05) is 6.07 Å². The summed E-state index contributed by atoms with van der Waals surface area (Å²) in [5, 5.41) is 13.1. The Balaban J connectivity index is 0.00000245. The van der Waals surface area contributed by atoms with Gasteiger partial charge in [-0.1, -0.05) is 43.2 Å². The third-order valence-electron chi connectivity index (χ3n) is 6.68. The van der Waals surface area contributed by atoms with E-state index in [0.29, 0.717) is 6.04 Å². The van der Waals surface area contributed by atoms with E-state index in [2.05, 4.69) is 61.5 Å². The smallest absolute Gasteiger partial charge is 0.173 e. The Morgan fingerprint density at radius 1 is 0.969 bits per heavy atom. The first kappa shape index (κ1) is 22.6. The first-order valence-corrected chi connectivity index (χ1v) is 11.1. The van der Waals surface area contributed by atoms with Gasteiger partial charge in [0.15, 0.2) is 17.3 Å². The number of ether oxygens (including phenoxy) is 2. The van der Waals surface area contributed by atoms with Crippen molar-refractivity contribution in [2.24, 2.45) is 0 Å². The van der Waals surface area contributed by atoms with E-state index in [1.165, 1.54) is 24.0 Å². The van der Waals surface area contributed by atoms with Crippen LogP contribution in [0.15, 0.2) is 42.5 Å². The molecule has 3 aromatic rings. The lowest BCUT2D eigenvalue weighted by Crippen LogP contribution is -2.36. The fourth-order valence-corrected chi connectivity index (χ4v) is 5.07. The minimum absolute atomic E-state index is 0. The predicted molar refractivity (Wildman–Crippen MR) is 125 cm³/mol. The molecule has 170 valence electrons. The molecule has 2 heterocycles. The van der Waals surface area contributed by atoms with Gasteiger partial charge in [0.1, 0.15) is 0 Å². The maximum absolute atomic E-state index is 5.62. The van der Waals surface area contributed by atoms with E-state index in [9.17, 15) is 0 Å². The Morgan fingerprint density at radius 3 is 2.47 bits per heavy atom. The molecule has 1 aromatic heterocycles. The van der Waals surface area contributed by atoms with Gasteiger partial charge in [-0.15, -0.1) is 17.5 Å². The van der Waals surface area contributed by atoms with Gasteiger partial charge >= 0.3 is 0 Å². The first-order valence-electron chi connectivity index (χ1n) is 11.1. The van der Waals surface area contributed by atoms with Crippen molar-refractivity contribution in [2.75, 3.05) is 20.8 Å². The van der Waals surface area contributed by atoms with Crippen LogP contribution in [-0.2, 0) is 13.0 Å². The summed E-state index contributed by atoms with van der Waals surface area (Å²) in [7, 11) is 3.34. The van der Waals surface area contributed by atoms with Crippen molar-refractivity contribution in [3.63, 3.8) is 0 Å². The lowest BCUT2D eigenvalue weighted by atomic mass is 9.95. The molecule has 2 aliphatic rings. The van der Waals surface area contributed by atoms with Crippen LogP contribution in [0.3, 0.4) is 0 Å². The van der Waals surface area contributed by atoms with Gasteiger partial charge in [-0.05, 0) is 58.5 Å². The van der Waals surface area contributed by atoms with E-state index >= 15 is 0 Å². The predicted octanol–water partition coefficient (Wildman–Crippen LogP) is 4.37. The fourth-order valence-electron chi connectivity index (χ4n) is 5.07. The Labute approximate surface area is 195 Å². The zero-order chi connectivity index (χ0) is 21.2. The standard InChI is InChI=1S/C24H29N5O2.ClH/c1-30-21-12-11-18(15-22(21)31-2)23(24-25-26-27-29(24)20-9-5-6-10-20)28-14-13-17-7-3-4-8-19(17)16-28;/h3-4,7-8,11-12,15,20,23H,5-6,9-10,13-14,16H2,1-2H3;1H. The molecule has 32 heavy (non-hydrogen) atoms. The summed E-state index contributed by atoms with van der Waals surface area (Å²) in [6, 6.07) is 15.2. The van der Waals surface area contributed by atoms with E-state index in [4.69, 9.17) is 9.47 Å². The van der Waals surface area contributed by atoms with E-state index < -0.39 is 0 Å². The molecule has 1 unspecified atom stereocenters. The number of hydrogen-bond acceptors (Lipinski definition) is 6. The normalized spacial score (nSPS) is 17.4. The second-order valence-electron chi connectivity index (χ2n) is 8.43. The van der Waals surface area contributed by atoms with Gasteiger partial charge in [0.05, 0.1) is 26.3 Å². The summed E-state index contributed by atoms with van der Waals surface area (Å²) in [6.45, 7) is 1.82. The molecule has 1 saturated carbocycles. The molecule has 1 fully saturated rings. The molecule has 0 bridgehead atoms. The summed E-state index contributed by atoms with van der Waals surface area (Å²) in [5.41, 5.74) is 3.92. The molecular weight excluding hydrogens is 426 g/mol. The SMILES string of the molecule is COc1ccc(C(c2nnnn2C2CCCC2)N2CCc3ccccc3C2)cc1OC.Cl. The minimum atomic E-state index is -0.0521. The summed E-state index contributed by atoms with van der Waals surface area (Å²) >= 11 is 0. The summed E-state index contributed by atoms with van der Waals surface area (Å²) < 4.78 is 13.2. The Hall–Kier alpha value is -2.64. The molecule has 0 spiro atoms. The van der Waals surface area contributed by atoms with Crippen LogP contribution in [0, 0.1) is 0 Å². The van der Waals surface area contributed by atoms with Gasteiger partial charge in [-0.25, -0.2) is 4.68 Å². The Bertz CT molecular complexity index is 1050. The van der Waals surface area contributed by atoms with Crippen molar-refractivity contribution in [3.8, 4) is 11.5 Å². The average molecular weight is 456 g/mol. The highest BCUT2D eigenvalue weighted by Gasteiger charge is 2.33. The number of methoxy groups -OCH3 is 2. The summed E-state index contributed by atoms with van der Waals surface area (Å²) in [4.78, 5) is 2.49. The van der Waals surface area contributed by atoms with Crippen LogP contribution in [-0.4, -0.2) is 45.9 Å². The number of rotatable bonds is 6.